The van der Waals surface area contributed by atoms with Crippen LogP contribution in [0.15, 0.2) is 48.5 Å². The maximum atomic E-state index is 13.8. The Morgan fingerprint density at radius 3 is 2.52 bits per heavy atom. The third kappa shape index (κ3) is 4.51. The Labute approximate surface area is 138 Å². The number of hydrogen-bond donors (Lipinski definition) is 3. The Kier molecular flexibility index (Phi) is 6.10. The predicted molar refractivity (Wildman–Crippen MR) is 85.8 cm³/mol. The maximum absolute atomic E-state index is 13.8. The normalized spacial score (nSPS) is 13.4. The minimum atomic E-state index is -0.849. The zero-order valence-corrected chi connectivity index (χ0v) is 13.0. The van der Waals surface area contributed by atoms with Crippen molar-refractivity contribution in [2.75, 3.05) is 6.61 Å². The molecule has 1 amide bonds. The van der Waals surface area contributed by atoms with Crippen molar-refractivity contribution in [2.24, 2.45) is 0 Å². The van der Waals surface area contributed by atoms with Crippen LogP contribution in [0.5, 0.6) is 0 Å². The second-order valence-corrected chi connectivity index (χ2v) is 5.52. The Morgan fingerprint density at radius 1 is 1.17 bits per heavy atom. The minimum Gasteiger partial charge on any atom is -0.394 e. The molecular formula is C17H17ClFNO3. The topological polar surface area (TPSA) is 69.6 Å². The lowest BCUT2D eigenvalue weighted by Gasteiger charge is -2.20. The largest absolute Gasteiger partial charge is 0.394 e. The smallest absolute Gasteiger partial charge is 0.254 e. The molecule has 0 fully saturated rings. The number of carbonyl (C=O) groups is 1. The number of rotatable bonds is 6. The van der Waals surface area contributed by atoms with E-state index in [-0.39, 0.29) is 23.6 Å². The number of aliphatic hydroxyl groups is 2. The molecule has 0 spiro atoms. The number of halogens is 2. The molecule has 2 aromatic carbocycles. The highest BCUT2D eigenvalue weighted by Gasteiger charge is 2.20. The molecule has 3 N–H and O–H groups in total. The van der Waals surface area contributed by atoms with Crippen LogP contribution in [0.25, 0.3) is 0 Å². The average molecular weight is 338 g/mol. The number of benzene rings is 2. The highest BCUT2D eigenvalue weighted by molar-refractivity contribution is 6.31. The minimum absolute atomic E-state index is 0.106. The first-order valence-corrected chi connectivity index (χ1v) is 7.49. The maximum Gasteiger partial charge on any atom is 0.254 e. The second kappa shape index (κ2) is 8.06. The fourth-order valence-corrected chi connectivity index (χ4v) is 2.38. The highest BCUT2D eigenvalue weighted by Crippen LogP contribution is 2.20. The zero-order valence-electron chi connectivity index (χ0n) is 12.2. The molecule has 4 nitrogen and oxygen atoms in total. The van der Waals surface area contributed by atoms with Gasteiger partial charge in [0.15, 0.2) is 5.82 Å². The number of hydrogen-bond acceptors (Lipinski definition) is 3. The van der Waals surface area contributed by atoms with Gasteiger partial charge in [0.1, 0.15) is 0 Å². The number of amides is 1. The lowest BCUT2D eigenvalue weighted by Crippen LogP contribution is -2.39. The van der Waals surface area contributed by atoms with E-state index in [0.29, 0.717) is 5.56 Å². The third-order valence-corrected chi connectivity index (χ3v) is 3.74. The lowest BCUT2D eigenvalue weighted by molar-refractivity contribution is 0.0862. The summed E-state index contributed by atoms with van der Waals surface area (Å²) in [4.78, 5) is 12.1. The van der Waals surface area contributed by atoms with Crippen LogP contribution in [0.3, 0.4) is 0 Å². The van der Waals surface area contributed by atoms with Gasteiger partial charge in [-0.1, -0.05) is 48.0 Å². The van der Waals surface area contributed by atoms with Gasteiger partial charge in [0.25, 0.3) is 5.91 Å². The average Bonchev–Trinajstić information content (AvgIpc) is 2.57. The van der Waals surface area contributed by atoms with Crippen molar-refractivity contribution in [1.29, 1.82) is 0 Å². The zero-order chi connectivity index (χ0) is 16.8. The molecule has 0 heterocycles. The van der Waals surface area contributed by atoms with Gasteiger partial charge in [-0.25, -0.2) is 4.39 Å². The standard InChI is InChI=1S/C17H17ClFNO3/c18-14-8-4-7-13(16(14)19)17(23)20-12(10-21)9-15(22)11-5-2-1-3-6-11/h1-8,12,15,21-22H,9-10H2,(H,20,23)/t12-,15+/m1/s1. The van der Waals surface area contributed by atoms with E-state index in [4.69, 9.17) is 11.6 Å². The highest BCUT2D eigenvalue weighted by atomic mass is 35.5. The van der Waals surface area contributed by atoms with Crippen LogP contribution in [0.4, 0.5) is 4.39 Å². The van der Waals surface area contributed by atoms with E-state index in [1.807, 2.05) is 6.07 Å². The Balaban J connectivity index is 2.04. The molecule has 0 saturated heterocycles. The molecule has 0 aliphatic rings. The molecule has 0 aliphatic heterocycles. The molecule has 2 aromatic rings. The summed E-state index contributed by atoms with van der Waals surface area (Å²) in [5.74, 6) is -1.50. The molecule has 0 saturated carbocycles. The first-order valence-electron chi connectivity index (χ1n) is 7.11. The van der Waals surface area contributed by atoms with E-state index in [1.165, 1.54) is 18.2 Å². The van der Waals surface area contributed by atoms with Gasteiger partial charge in [-0.3, -0.25) is 4.79 Å². The molecule has 122 valence electrons. The summed E-state index contributed by atoms with van der Waals surface area (Å²) in [7, 11) is 0. The van der Waals surface area contributed by atoms with Crippen molar-refractivity contribution < 1.29 is 19.4 Å². The molecule has 0 aromatic heterocycles. The predicted octanol–water partition coefficient (Wildman–Crippen LogP) is 2.69. The van der Waals surface area contributed by atoms with Gasteiger partial charge in [-0.15, -0.1) is 0 Å². The van der Waals surface area contributed by atoms with Gasteiger partial charge in [-0.2, -0.15) is 0 Å². The summed E-state index contributed by atoms with van der Waals surface area (Å²) >= 11 is 5.65. The Bertz CT molecular complexity index is 666. The van der Waals surface area contributed by atoms with E-state index in [0.717, 1.165) is 0 Å². The van der Waals surface area contributed by atoms with Crippen molar-refractivity contribution in [3.63, 3.8) is 0 Å². The van der Waals surface area contributed by atoms with Crippen LogP contribution in [0.2, 0.25) is 5.02 Å². The summed E-state index contributed by atoms with van der Waals surface area (Å²) in [6.07, 6.45) is -0.744. The summed E-state index contributed by atoms with van der Waals surface area (Å²) < 4.78 is 13.8. The summed E-state index contributed by atoms with van der Waals surface area (Å²) in [6, 6.07) is 12.3. The van der Waals surface area contributed by atoms with Crippen molar-refractivity contribution in [3.05, 3.63) is 70.5 Å². The van der Waals surface area contributed by atoms with Crippen LogP contribution < -0.4 is 5.32 Å². The fourth-order valence-electron chi connectivity index (χ4n) is 2.20. The monoisotopic (exact) mass is 337 g/mol. The van der Waals surface area contributed by atoms with Crippen molar-refractivity contribution in [2.45, 2.75) is 18.6 Å². The SMILES string of the molecule is O=C(N[C@@H](CO)C[C@H](O)c1ccccc1)c1cccc(Cl)c1F. The van der Waals surface area contributed by atoms with Gasteiger partial charge in [0.2, 0.25) is 0 Å². The van der Waals surface area contributed by atoms with E-state index in [9.17, 15) is 19.4 Å². The summed E-state index contributed by atoms with van der Waals surface area (Å²) in [6.45, 7) is -0.377. The van der Waals surface area contributed by atoms with Gasteiger partial charge in [-0.05, 0) is 24.1 Å². The van der Waals surface area contributed by atoms with E-state index in [2.05, 4.69) is 5.32 Å². The van der Waals surface area contributed by atoms with E-state index >= 15 is 0 Å². The van der Waals surface area contributed by atoms with E-state index in [1.54, 1.807) is 24.3 Å². The van der Waals surface area contributed by atoms with Crippen molar-refractivity contribution >= 4 is 17.5 Å². The second-order valence-electron chi connectivity index (χ2n) is 5.12. The van der Waals surface area contributed by atoms with Gasteiger partial charge >= 0.3 is 0 Å². The first kappa shape index (κ1) is 17.4. The van der Waals surface area contributed by atoms with Gasteiger partial charge < -0.3 is 15.5 Å². The molecule has 0 radical (unpaired) electrons. The lowest BCUT2D eigenvalue weighted by atomic mass is 10.0. The number of aliphatic hydroxyl groups excluding tert-OH is 2. The summed E-state index contributed by atoms with van der Waals surface area (Å²) in [5, 5.41) is 21.9. The van der Waals surface area contributed by atoms with Crippen LogP contribution in [-0.4, -0.2) is 28.8 Å². The van der Waals surface area contributed by atoms with Crippen LogP contribution >= 0.6 is 11.6 Å². The Hall–Kier alpha value is -1.95. The molecule has 0 bridgehead atoms. The van der Waals surface area contributed by atoms with Crippen LogP contribution in [0.1, 0.15) is 28.4 Å². The molecule has 2 rings (SSSR count). The molecule has 6 heteroatoms. The van der Waals surface area contributed by atoms with Crippen LogP contribution in [-0.2, 0) is 0 Å². The van der Waals surface area contributed by atoms with Crippen LogP contribution in [0, 0.1) is 5.82 Å². The molecule has 23 heavy (non-hydrogen) atoms. The van der Waals surface area contributed by atoms with Crippen molar-refractivity contribution in [3.8, 4) is 0 Å². The number of carbonyl (C=O) groups excluding carboxylic acids is 1. The number of nitrogens with one attached hydrogen (secondary N) is 1. The Morgan fingerprint density at radius 2 is 1.87 bits per heavy atom. The van der Waals surface area contributed by atoms with Gasteiger partial charge in [0, 0.05) is 0 Å². The molecular weight excluding hydrogens is 321 g/mol. The third-order valence-electron chi connectivity index (χ3n) is 3.44. The molecule has 2 atom stereocenters. The first-order chi connectivity index (χ1) is 11.0. The van der Waals surface area contributed by atoms with E-state index < -0.39 is 23.9 Å². The quantitative estimate of drug-likeness (QED) is 0.759. The molecule has 0 aliphatic carbocycles. The molecule has 0 unspecified atom stereocenters. The van der Waals surface area contributed by atoms with Crippen molar-refractivity contribution in [1.82, 2.24) is 5.32 Å². The fraction of sp³-hybridized carbons (Fsp3) is 0.235. The van der Waals surface area contributed by atoms with Gasteiger partial charge in [0.05, 0.1) is 29.3 Å². The summed E-state index contributed by atoms with van der Waals surface area (Å²) in [5.41, 5.74) is 0.472.